The Labute approximate surface area is 126 Å². The van der Waals surface area contributed by atoms with Crippen LogP contribution in [0.25, 0.3) is 0 Å². The van der Waals surface area contributed by atoms with E-state index in [0.717, 1.165) is 43.1 Å². The molecule has 2 nitrogen and oxygen atoms in total. The number of hydrogen-bond acceptors (Lipinski definition) is 2. The molecule has 0 spiro atoms. The number of hydrogen-bond donors (Lipinski definition) is 1. The Bertz CT molecular complexity index is 466. The molecule has 3 unspecified atom stereocenters. The molecule has 1 saturated heterocycles. The summed E-state index contributed by atoms with van der Waals surface area (Å²) in [6.45, 7) is 4.88. The van der Waals surface area contributed by atoms with Crippen molar-refractivity contribution in [1.29, 1.82) is 0 Å². The average Bonchev–Trinajstić information content (AvgIpc) is 2.78. The van der Waals surface area contributed by atoms with Crippen LogP contribution in [0, 0.1) is 24.6 Å². The van der Waals surface area contributed by atoms with Crippen molar-refractivity contribution in [2.24, 2.45) is 17.6 Å². The molecule has 4 heteroatoms. The van der Waals surface area contributed by atoms with Gasteiger partial charge >= 0.3 is 0 Å². The summed E-state index contributed by atoms with van der Waals surface area (Å²) in [6, 6.07) is 5.74. The maximum absolute atomic E-state index is 13.8. The molecule has 0 aromatic heterocycles. The minimum atomic E-state index is -0.0789. The third-order valence-electron chi connectivity index (χ3n) is 4.82. The fraction of sp³-hybridized carbons (Fsp3) is 0.625. The quantitative estimate of drug-likeness (QED) is 0.909. The second kappa shape index (κ2) is 6.42. The molecular formula is C16H24ClFN2. The SMILES string of the molecule is Cc1ccc(F)c(CN2CC3CCCC(N)C3C2)c1.Cl. The Balaban J connectivity index is 0.00000147. The Kier molecular flexibility index (Phi) is 5.05. The van der Waals surface area contributed by atoms with Gasteiger partial charge in [0.05, 0.1) is 0 Å². The molecule has 1 aromatic rings. The van der Waals surface area contributed by atoms with Gasteiger partial charge in [0.1, 0.15) is 5.82 Å². The summed E-state index contributed by atoms with van der Waals surface area (Å²) in [7, 11) is 0. The zero-order valence-corrected chi connectivity index (χ0v) is 12.8. The largest absolute Gasteiger partial charge is 0.327 e. The van der Waals surface area contributed by atoms with Gasteiger partial charge in [0.2, 0.25) is 0 Å². The minimum Gasteiger partial charge on any atom is -0.327 e. The first-order valence-corrected chi connectivity index (χ1v) is 7.36. The van der Waals surface area contributed by atoms with E-state index >= 15 is 0 Å². The van der Waals surface area contributed by atoms with Crippen LogP contribution in [0.2, 0.25) is 0 Å². The fourth-order valence-electron chi connectivity index (χ4n) is 3.80. The number of nitrogens with two attached hydrogens (primary N) is 1. The molecule has 1 aliphatic heterocycles. The van der Waals surface area contributed by atoms with Gasteiger partial charge in [0, 0.05) is 31.2 Å². The van der Waals surface area contributed by atoms with Crippen LogP contribution in [-0.4, -0.2) is 24.0 Å². The zero-order chi connectivity index (χ0) is 13.4. The van der Waals surface area contributed by atoms with Gasteiger partial charge in [-0.1, -0.05) is 24.1 Å². The smallest absolute Gasteiger partial charge is 0.127 e. The second-order valence-electron chi connectivity index (χ2n) is 6.31. The van der Waals surface area contributed by atoms with Crippen molar-refractivity contribution in [2.75, 3.05) is 13.1 Å². The van der Waals surface area contributed by atoms with Crippen LogP contribution in [0.5, 0.6) is 0 Å². The Morgan fingerprint density at radius 3 is 2.85 bits per heavy atom. The number of halogens is 2. The van der Waals surface area contributed by atoms with Crippen molar-refractivity contribution in [2.45, 2.75) is 38.8 Å². The number of aryl methyl sites for hydroxylation is 1. The molecule has 3 rings (SSSR count). The van der Waals surface area contributed by atoms with Gasteiger partial charge in [-0.05, 0) is 37.7 Å². The van der Waals surface area contributed by atoms with Gasteiger partial charge in [-0.3, -0.25) is 4.90 Å². The van der Waals surface area contributed by atoms with Gasteiger partial charge in [-0.2, -0.15) is 0 Å². The van der Waals surface area contributed by atoms with E-state index in [9.17, 15) is 4.39 Å². The monoisotopic (exact) mass is 298 g/mol. The number of likely N-dealkylation sites (tertiary alicyclic amines) is 1. The lowest BCUT2D eigenvalue weighted by Gasteiger charge is -2.29. The Morgan fingerprint density at radius 1 is 1.30 bits per heavy atom. The summed E-state index contributed by atoms with van der Waals surface area (Å²) in [5.41, 5.74) is 8.18. The van der Waals surface area contributed by atoms with Gasteiger partial charge in [0.25, 0.3) is 0 Å². The molecule has 0 amide bonds. The normalized spacial score (nSPS) is 29.9. The lowest BCUT2D eigenvalue weighted by molar-refractivity contribution is 0.259. The average molecular weight is 299 g/mol. The highest BCUT2D eigenvalue weighted by Crippen LogP contribution is 2.36. The van der Waals surface area contributed by atoms with Crippen molar-refractivity contribution in [3.63, 3.8) is 0 Å². The first-order chi connectivity index (χ1) is 9.13. The van der Waals surface area contributed by atoms with Crippen molar-refractivity contribution in [3.05, 3.63) is 35.1 Å². The molecule has 1 heterocycles. The topological polar surface area (TPSA) is 29.3 Å². The van der Waals surface area contributed by atoms with Crippen LogP contribution in [-0.2, 0) is 6.54 Å². The van der Waals surface area contributed by atoms with E-state index in [0.29, 0.717) is 12.0 Å². The highest BCUT2D eigenvalue weighted by Gasteiger charge is 2.38. The predicted molar refractivity (Wildman–Crippen MR) is 82.5 cm³/mol. The highest BCUT2D eigenvalue weighted by molar-refractivity contribution is 5.85. The number of fused-ring (bicyclic) bond motifs is 1. The number of benzene rings is 1. The Morgan fingerprint density at radius 2 is 2.10 bits per heavy atom. The molecule has 1 saturated carbocycles. The summed E-state index contributed by atoms with van der Waals surface area (Å²) >= 11 is 0. The molecule has 0 radical (unpaired) electrons. The third-order valence-corrected chi connectivity index (χ3v) is 4.82. The maximum Gasteiger partial charge on any atom is 0.127 e. The molecule has 1 aromatic carbocycles. The van der Waals surface area contributed by atoms with Crippen molar-refractivity contribution in [1.82, 2.24) is 4.90 Å². The summed E-state index contributed by atoms with van der Waals surface area (Å²) in [5, 5.41) is 0. The van der Waals surface area contributed by atoms with Crippen molar-refractivity contribution in [3.8, 4) is 0 Å². The summed E-state index contributed by atoms with van der Waals surface area (Å²) in [4.78, 5) is 2.39. The second-order valence-corrected chi connectivity index (χ2v) is 6.31. The summed E-state index contributed by atoms with van der Waals surface area (Å²) < 4.78 is 13.8. The van der Waals surface area contributed by atoms with Crippen LogP contribution in [0.1, 0.15) is 30.4 Å². The molecule has 1 aliphatic carbocycles. The van der Waals surface area contributed by atoms with Gasteiger partial charge in [0.15, 0.2) is 0 Å². The lowest BCUT2D eigenvalue weighted by atomic mass is 9.78. The molecule has 2 N–H and O–H groups in total. The first-order valence-electron chi connectivity index (χ1n) is 7.36. The van der Waals surface area contributed by atoms with E-state index in [1.165, 1.54) is 12.8 Å². The van der Waals surface area contributed by atoms with Gasteiger partial charge < -0.3 is 5.73 Å². The maximum atomic E-state index is 13.8. The van der Waals surface area contributed by atoms with E-state index in [2.05, 4.69) is 4.90 Å². The van der Waals surface area contributed by atoms with Crippen LogP contribution in [0.3, 0.4) is 0 Å². The molecule has 112 valence electrons. The predicted octanol–water partition coefficient (Wildman–Crippen LogP) is 3.12. The third kappa shape index (κ3) is 3.16. The number of nitrogens with zero attached hydrogens (tertiary/aromatic N) is 1. The van der Waals surface area contributed by atoms with Crippen LogP contribution < -0.4 is 5.73 Å². The minimum absolute atomic E-state index is 0. The summed E-state index contributed by atoms with van der Waals surface area (Å²) in [5.74, 6) is 1.28. The first kappa shape index (κ1) is 15.7. The highest BCUT2D eigenvalue weighted by atomic mass is 35.5. The molecule has 2 fully saturated rings. The van der Waals surface area contributed by atoms with E-state index in [4.69, 9.17) is 5.73 Å². The Hall–Kier alpha value is -0.640. The lowest BCUT2D eigenvalue weighted by Crippen LogP contribution is -2.38. The zero-order valence-electron chi connectivity index (χ0n) is 12.0. The van der Waals surface area contributed by atoms with E-state index in [1.54, 1.807) is 6.07 Å². The standard InChI is InChI=1S/C16H23FN2.ClH/c1-11-5-6-15(17)13(7-11)9-19-8-12-3-2-4-16(18)14(12)10-19;/h5-7,12,14,16H,2-4,8-10,18H2,1H3;1H. The van der Waals surface area contributed by atoms with Gasteiger partial charge in [-0.25, -0.2) is 4.39 Å². The molecule has 2 aliphatic rings. The molecule has 0 bridgehead atoms. The van der Waals surface area contributed by atoms with E-state index < -0.39 is 0 Å². The molecular weight excluding hydrogens is 275 g/mol. The number of rotatable bonds is 2. The summed E-state index contributed by atoms with van der Waals surface area (Å²) in [6.07, 6.45) is 3.72. The molecule has 20 heavy (non-hydrogen) atoms. The van der Waals surface area contributed by atoms with Crippen molar-refractivity contribution < 1.29 is 4.39 Å². The van der Waals surface area contributed by atoms with Crippen LogP contribution in [0.4, 0.5) is 4.39 Å². The van der Waals surface area contributed by atoms with E-state index in [-0.39, 0.29) is 18.2 Å². The molecule has 3 atom stereocenters. The van der Waals surface area contributed by atoms with E-state index in [1.807, 2.05) is 19.1 Å². The fourth-order valence-corrected chi connectivity index (χ4v) is 3.80. The van der Waals surface area contributed by atoms with Gasteiger partial charge in [-0.15, -0.1) is 12.4 Å². The van der Waals surface area contributed by atoms with Crippen molar-refractivity contribution >= 4 is 12.4 Å². The van der Waals surface area contributed by atoms with Crippen LogP contribution in [0.15, 0.2) is 18.2 Å². The van der Waals surface area contributed by atoms with Crippen LogP contribution >= 0.6 is 12.4 Å².